The molecule has 24 heavy (non-hydrogen) atoms. The monoisotopic (exact) mass is 454 g/mol. The number of hydrogen-bond acceptors (Lipinski definition) is 4. The third-order valence-electron chi connectivity index (χ3n) is 4.71. The molecule has 6 nitrogen and oxygen atoms in total. The highest BCUT2D eigenvalue weighted by Crippen LogP contribution is 2.26. The highest BCUT2D eigenvalue weighted by molar-refractivity contribution is 14.0. The number of ether oxygens (including phenoxy) is 2. The molecule has 0 aliphatic carbocycles. The second-order valence-corrected chi connectivity index (χ2v) is 6.94. The van der Waals surface area contributed by atoms with Crippen LogP contribution < -0.4 is 11.1 Å². The fraction of sp³-hybridized carbons (Fsp3) is 0.941. The van der Waals surface area contributed by atoms with E-state index >= 15 is 0 Å². The third-order valence-corrected chi connectivity index (χ3v) is 4.71. The van der Waals surface area contributed by atoms with Crippen molar-refractivity contribution in [3.05, 3.63) is 0 Å². The van der Waals surface area contributed by atoms with Crippen LogP contribution in [0.1, 0.15) is 33.1 Å². The van der Waals surface area contributed by atoms with Crippen LogP contribution in [0.15, 0.2) is 4.99 Å². The Morgan fingerprint density at radius 3 is 2.75 bits per heavy atom. The molecule has 142 valence electrons. The SMILES string of the molecule is CC(C)C1OCCCC1CN=C(N)NCCCN1CCOCC1.I. The van der Waals surface area contributed by atoms with E-state index in [0.29, 0.717) is 23.9 Å². The average Bonchev–Trinajstić information content (AvgIpc) is 2.58. The Morgan fingerprint density at radius 2 is 2.04 bits per heavy atom. The molecule has 0 aromatic rings. The van der Waals surface area contributed by atoms with Crippen LogP contribution in [0.25, 0.3) is 0 Å². The van der Waals surface area contributed by atoms with Crippen LogP contribution in [0.5, 0.6) is 0 Å². The fourth-order valence-electron chi connectivity index (χ4n) is 3.41. The Bertz CT molecular complexity index is 362. The van der Waals surface area contributed by atoms with E-state index < -0.39 is 0 Å². The first-order valence-electron chi connectivity index (χ1n) is 9.12. The van der Waals surface area contributed by atoms with E-state index in [0.717, 1.165) is 65.4 Å². The molecule has 2 atom stereocenters. The second-order valence-electron chi connectivity index (χ2n) is 6.94. The van der Waals surface area contributed by atoms with Crippen molar-refractivity contribution in [3.8, 4) is 0 Å². The molecule has 0 aromatic carbocycles. The maximum absolute atomic E-state index is 6.00. The molecule has 2 aliphatic heterocycles. The Hall–Kier alpha value is -0.120. The standard InChI is InChI=1S/C17H34N4O2.HI/c1-14(2)16-15(5-3-10-23-16)13-20-17(18)19-6-4-7-21-8-11-22-12-9-21;/h14-16H,3-13H2,1-2H3,(H3,18,19,20);1H. The molecule has 2 heterocycles. The van der Waals surface area contributed by atoms with Crippen molar-refractivity contribution in [3.63, 3.8) is 0 Å². The molecule has 2 fully saturated rings. The van der Waals surface area contributed by atoms with Crippen molar-refractivity contribution < 1.29 is 9.47 Å². The predicted octanol–water partition coefficient (Wildman–Crippen LogP) is 1.68. The Labute approximate surface area is 163 Å². The number of nitrogens with zero attached hydrogens (tertiary/aromatic N) is 2. The molecule has 7 heteroatoms. The van der Waals surface area contributed by atoms with E-state index in [1.807, 2.05) is 0 Å². The number of guanidine groups is 1. The molecule has 2 aliphatic rings. The Balaban J connectivity index is 0.00000288. The molecule has 0 aromatic heterocycles. The second kappa shape index (κ2) is 12.3. The quantitative estimate of drug-likeness (QED) is 0.265. The lowest BCUT2D eigenvalue weighted by atomic mass is 9.87. The Morgan fingerprint density at radius 1 is 1.29 bits per heavy atom. The van der Waals surface area contributed by atoms with Crippen molar-refractivity contribution in [2.24, 2.45) is 22.6 Å². The molecule has 0 radical (unpaired) electrons. The van der Waals surface area contributed by atoms with Gasteiger partial charge in [0, 0.05) is 38.7 Å². The number of halogens is 1. The van der Waals surface area contributed by atoms with Gasteiger partial charge < -0.3 is 20.5 Å². The van der Waals surface area contributed by atoms with Gasteiger partial charge >= 0.3 is 0 Å². The van der Waals surface area contributed by atoms with Gasteiger partial charge in [-0.3, -0.25) is 9.89 Å². The van der Waals surface area contributed by atoms with Crippen LogP contribution in [0.2, 0.25) is 0 Å². The highest BCUT2D eigenvalue weighted by Gasteiger charge is 2.28. The van der Waals surface area contributed by atoms with Crippen LogP contribution >= 0.6 is 24.0 Å². The number of nitrogens with two attached hydrogens (primary N) is 1. The predicted molar refractivity (Wildman–Crippen MR) is 109 cm³/mol. The first-order chi connectivity index (χ1) is 11.2. The summed E-state index contributed by atoms with van der Waals surface area (Å²) in [7, 11) is 0. The van der Waals surface area contributed by atoms with Gasteiger partial charge in [0.05, 0.1) is 19.3 Å². The lowest BCUT2D eigenvalue weighted by Crippen LogP contribution is -2.39. The average molecular weight is 454 g/mol. The van der Waals surface area contributed by atoms with Gasteiger partial charge in [0.2, 0.25) is 0 Å². The number of nitrogens with one attached hydrogen (secondary N) is 1. The third kappa shape index (κ3) is 7.84. The summed E-state index contributed by atoms with van der Waals surface area (Å²) in [4.78, 5) is 6.97. The fourth-order valence-corrected chi connectivity index (χ4v) is 3.41. The van der Waals surface area contributed by atoms with Gasteiger partial charge in [0.25, 0.3) is 0 Å². The molecule has 0 spiro atoms. The minimum atomic E-state index is 0. The van der Waals surface area contributed by atoms with E-state index in [1.165, 1.54) is 6.42 Å². The van der Waals surface area contributed by atoms with Crippen molar-refractivity contribution in [1.82, 2.24) is 10.2 Å². The summed E-state index contributed by atoms with van der Waals surface area (Å²) >= 11 is 0. The lowest BCUT2D eigenvalue weighted by molar-refractivity contribution is -0.0491. The first kappa shape index (κ1) is 21.9. The van der Waals surface area contributed by atoms with Crippen LogP contribution in [0, 0.1) is 11.8 Å². The Kier molecular flexibility index (Phi) is 11.2. The zero-order chi connectivity index (χ0) is 16.5. The van der Waals surface area contributed by atoms with Crippen LogP contribution in [0.3, 0.4) is 0 Å². The maximum Gasteiger partial charge on any atom is 0.188 e. The summed E-state index contributed by atoms with van der Waals surface area (Å²) in [5.41, 5.74) is 6.00. The van der Waals surface area contributed by atoms with E-state index in [1.54, 1.807) is 0 Å². The summed E-state index contributed by atoms with van der Waals surface area (Å²) in [6.45, 7) is 11.9. The summed E-state index contributed by atoms with van der Waals surface area (Å²) in [6.07, 6.45) is 3.73. The van der Waals surface area contributed by atoms with Crippen molar-refractivity contribution >= 4 is 29.9 Å². The number of morpholine rings is 1. The van der Waals surface area contributed by atoms with Gasteiger partial charge in [-0.05, 0) is 31.7 Å². The van der Waals surface area contributed by atoms with Crippen molar-refractivity contribution in [2.75, 3.05) is 52.5 Å². The largest absolute Gasteiger partial charge is 0.379 e. The molecular formula is C17H35IN4O2. The molecule has 0 amide bonds. The van der Waals surface area contributed by atoms with Crippen molar-refractivity contribution in [2.45, 2.75) is 39.2 Å². The summed E-state index contributed by atoms with van der Waals surface area (Å²) in [5.74, 6) is 1.61. The lowest BCUT2D eigenvalue weighted by Gasteiger charge is -2.33. The first-order valence-corrected chi connectivity index (χ1v) is 9.12. The summed E-state index contributed by atoms with van der Waals surface area (Å²) in [6, 6.07) is 0. The maximum atomic E-state index is 6.00. The molecule has 3 N–H and O–H groups in total. The smallest absolute Gasteiger partial charge is 0.188 e. The van der Waals surface area contributed by atoms with Gasteiger partial charge in [-0.2, -0.15) is 0 Å². The van der Waals surface area contributed by atoms with Gasteiger partial charge in [0.1, 0.15) is 0 Å². The highest BCUT2D eigenvalue weighted by atomic mass is 127. The van der Waals surface area contributed by atoms with E-state index in [4.69, 9.17) is 15.2 Å². The minimum Gasteiger partial charge on any atom is -0.379 e. The minimum absolute atomic E-state index is 0. The van der Waals surface area contributed by atoms with E-state index in [9.17, 15) is 0 Å². The normalized spacial score (nSPS) is 26.2. The molecule has 2 rings (SSSR count). The van der Waals surface area contributed by atoms with Gasteiger partial charge in [-0.1, -0.05) is 13.8 Å². The number of aliphatic imine (C=N–C) groups is 1. The summed E-state index contributed by atoms with van der Waals surface area (Å²) in [5, 5.41) is 3.23. The number of rotatable bonds is 7. The van der Waals surface area contributed by atoms with Gasteiger partial charge in [0.15, 0.2) is 5.96 Å². The molecular weight excluding hydrogens is 419 g/mol. The van der Waals surface area contributed by atoms with Crippen LogP contribution in [-0.2, 0) is 9.47 Å². The molecule has 2 saturated heterocycles. The molecule has 0 bridgehead atoms. The summed E-state index contributed by atoms with van der Waals surface area (Å²) < 4.78 is 11.3. The zero-order valence-corrected chi connectivity index (χ0v) is 17.5. The molecule has 2 unspecified atom stereocenters. The van der Waals surface area contributed by atoms with Gasteiger partial charge in [-0.25, -0.2) is 0 Å². The van der Waals surface area contributed by atoms with Crippen LogP contribution in [-0.4, -0.2) is 69.5 Å². The van der Waals surface area contributed by atoms with E-state index in [2.05, 4.69) is 29.1 Å². The van der Waals surface area contributed by atoms with Gasteiger partial charge in [-0.15, -0.1) is 24.0 Å². The number of hydrogen-bond donors (Lipinski definition) is 2. The van der Waals surface area contributed by atoms with Crippen LogP contribution in [0.4, 0.5) is 0 Å². The topological polar surface area (TPSA) is 72.1 Å². The molecule has 0 saturated carbocycles. The van der Waals surface area contributed by atoms with Crippen molar-refractivity contribution in [1.29, 1.82) is 0 Å². The zero-order valence-electron chi connectivity index (χ0n) is 15.2. The van der Waals surface area contributed by atoms with E-state index in [-0.39, 0.29) is 24.0 Å².